The smallest absolute Gasteiger partial charge is 0.0827 e. The van der Waals surface area contributed by atoms with Crippen LogP contribution < -0.4 is 0 Å². The summed E-state index contributed by atoms with van der Waals surface area (Å²) in [6.45, 7) is 9.06. The summed E-state index contributed by atoms with van der Waals surface area (Å²) in [6.07, 6.45) is 2.56. The fourth-order valence-corrected chi connectivity index (χ4v) is 1.24. The first-order chi connectivity index (χ1) is 4.16. The van der Waals surface area contributed by atoms with E-state index in [9.17, 15) is 0 Å². The van der Waals surface area contributed by atoms with Crippen LogP contribution in [0.3, 0.4) is 0 Å². The van der Waals surface area contributed by atoms with Crippen LogP contribution in [0.5, 0.6) is 0 Å². The minimum Gasteiger partial charge on any atom is -0.0827 e. The van der Waals surface area contributed by atoms with Crippen LogP contribution in [0, 0.1) is 5.92 Å². The van der Waals surface area contributed by atoms with E-state index in [0.29, 0.717) is 0 Å². The Morgan fingerprint density at radius 2 is 1.78 bits per heavy atom. The van der Waals surface area contributed by atoms with Gasteiger partial charge in [0.15, 0.2) is 0 Å². The molecule has 0 heterocycles. The maximum atomic E-state index is 2.39. The fraction of sp³-hybridized carbons (Fsp3) is 1.00. The predicted octanol–water partition coefficient (Wildman–Crippen LogP) is 2.98. The van der Waals surface area contributed by atoms with Crippen molar-refractivity contribution in [3.8, 4) is 0 Å². The number of hydrogen-bond acceptors (Lipinski definition) is 0. The van der Waals surface area contributed by atoms with Crippen LogP contribution in [0.2, 0.25) is 12.1 Å². The monoisotopic (exact) mass is 125 g/mol. The quantitative estimate of drug-likeness (QED) is 0.506. The maximum Gasteiger partial charge on any atom is 0.112 e. The molecule has 0 bridgehead atoms. The Morgan fingerprint density at radius 3 is 2.11 bits per heavy atom. The van der Waals surface area contributed by atoms with Crippen molar-refractivity contribution in [3.63, 3.8) is 0 Å². The van der Waals surface area contributed by atoms with Gasteiger partial charge in [-0.15, -0.1) is 0 Å². The van der Waals surface area contributed by atoms with Crippen molar-refractivity contribution in [3.05, 3.63) is 0 Å². The van der Waals surface area contributed by atoms with Gasteiger partial charge in [0, 0.05) is 0 Å². The SMILES string of the molecule is CC[B]C(C)CC(C)C. The molecule has 0 saturated heterocycles. The highest BCUT2D eigenvalue weighted by Crippen LogP contribution is 2.15. The van der Waals surface area contributed by atoms with E-state index in [-0.39, 0.29) is 0 Å². The molecular weight excluding hydrogens is 107 g/mol. The molecular formula is C8H18B. The highest BCUT2D eigenvalue weighted by Gasteiger charge is 2.03. The largest absolute Gasteiger partial charge is 0.112 e. The molecule has 0 aromatic heterocycles. The second-order valence-corrected chi connectivity index (χ2v) is 3.25. The van der Waals surface area contributed by atoms with Crippen LogP contribution in [0.4, 0.5) is 0 Å². The molecule has 0 aliphatic heterocycles. The molecule has 0 aliphatic rings. The van der Waals surface area contributed by atoms with Gasteiger partial charge in [-0.25, -0.2) is 0 Å². The van der Waals surface area contributed by atoms with Crippen molar-refractivity contribution in [2.45, 2.75) is 46.3 Å². The molecule has 0 aromatic carbocycles. The molecule has 1 unspecified atom stereocenters. The lowest BCUT2D eigenvalue weighted by molar-refractivity contribution is 0.572. The van der Waals surface area contributed by atoms with Crippen molar-refractivity contribution in [2.24, 2.45) is 5.92 Å². The Hall–Kier alpha value is 0.0649. The third kappa shape index (κ3) is 5.94. The molecule has 0 spiro atoms. The minimum atomic E-state index is 0.815. The van der Waals surface area contributed by atoms with E-state index in [1.807, 2.05) is 0 Å². The van der Waals surface area contributed by atoms with E-state index in [4.69, 9.17) is 0 Å². The van der Waals surface area contributed by atoms with E-state index in [2.05, 4.69) is 35.0 Å². The van der Waals surface area contributed by atoms with E-state index in [0.717, 1.165) is 11.7 Å². The Labute approximate surface area is 60.3 Å². The predicted molar refractivity (Wildman–Crippen MR) is 45.1 cm³/mol. The lowest BCUT2D eigenvalue weighted by atomic mass is 9.61. The van der Waals surface area contributed by atoms with Gasteiger partial charge in [-0.3, -0.25) is 0 Å². The molecule has 0 amide bonds. The first-order valence-corrected chi connectivity index (χ1v) is 4.00. The van der Waals surface area contributed by atoms with Crippen LogP contribution in [-0.2, 0) is 0 Å². The second-order valence-electron chi connectivity index (χ2n) is 3.25. The molecule has 0 aliphatic carbocycles. The first-order valence-electron chi connectivity index (χ1n) is 4.00. The zero-order chi connectivity index (χ0) is 7.28. The third-order valence-corrected chi connectivity index (χ3v) is 1.48. The Morgan fingerprint density at radius 1 is 1.22 bits per heavy atom. The van der Waals surface area contributed by atoms with Crippen molar-refractivity contribution in [1.29, 1.82) is 0 Å². The third-order valence-electron chi connectivity index (χ3n) is 1.48. The molecule has 0 nitrogen and oxygen atoms in total. The molecule has 1 heteroatoms. The summed E-state index contributed by atoms with van der Waals surface area (Å²) < 4.78 is 0. The minimum absolute atomic E-state index is 0.815. The van der Waals surface area contributed by atoms with Crippen molar-refractivity contribution < 1.29 is 0 Å². The van der Waals surface area contributed by atoms with Crippen molar-refractivity contribution >= 4 is 7.28 Å². The Balaban J connectivity index is 3.15. The van der Waals surface area contributed by atoms with Gasteiger partial charge in [0.05, 0.1) is 0 Å². The van der Waals surface area contributed by atoms with Crippen molar-refractivity contribution in [2.75, 3.05) is 0 Å². The molecule has 0 N–H and O–H groups in total. The highest BCUT2D eigenvalue weighted by molar-refractivity contribution is 6.37. The molecule has 0 rings (SSSR count). The van der Waals surface area contributed by atoms with Crippen LogP contribution in [-0.4, -0.2) is 7.28 Å². The average molecular weight is 125 g/mol. The highest BCUT2D eigenvalue weighted by atomic mass is 14.0. The molecule has 1 radical (unpaired) electrons. The number of hydrogen-bond donors (Lipinski definition) is 0. The van der Waals surface area contributed by atoms with Gasteiger partial charge < -0.3 is 0 Å². The van der Waals surface area contributed by atoms with Crippen molar-refractivity contribution in [1.82, 2.24) is 0 Å². The van der Waals surface area contributed by atoms with Gasteiger partial charge in [0.1, 0.15) is 7.28 Å². The molecule has 1 atom stereocenters. The summed E-state index contributed by atoms with van der Waals surface area (Å²) in [5.74, 6) is 1.66. The zero-order valence-corrected chi connectivity index (χ0v) is 7.15. The topological polar surface area (TPSA) is 0 Å². The second kappa shape index (κ2) is 4.90. The van der Waals surface area contributed by atoms with Gasteiger partial charge >= 0.3 is 0 Å². The first kappa shape index (κ1) is 9.06. The normalized spacial score (nSPS) is 13.9. The lowest BCUT2D eigenvalue weighted by Crippen LogP contribution is -2.01. The molecule has 9 heavy (non-hydrogen) atoms. The summed E-state index contributed by atoms with van der Waals surface area (Å²) in [5, 5.41) is 0. The van der Waals surface area contributed by atoms with Crippen LogP contribution in [0.15, 0.2) is 0 Å². The van der Waals surface area contributed by atoms with E-state index < -0.39 is 0 Å². The average Bonchev–Trinajstić information content (AvgIpc) is 1.63. The molecule has 53 valence electrons. The standard InChI is InChI=1S/C8H18B/c1-5-9-8(4)6-7(2)3/h7-8H,5-6H2,1-4H3. The summed E-state index contributed by atoms with van der Waals surface area (Å²) in [5.41, 5.74) is 0. The lowest BCUT2D eigenvalue weighted by Gasteiger charge is -2.10. The van der Waals surface area contributed by atoms with Gasteiger partial charge in [-0.2, -0.15) is 0 Å². The van der Waals surface area contributed by atoms with Crippen LogP contribution in [0.25, 0.3) is 0 Å². The van der Waals surface area contributed by atoms with Crippen LogP contribution >= 0.6 is 0 Å². The summed E-state index contributed by atoms with van der Waals surface area (Å²) in [4.78, 5) is 0. The fourth-order valence-electron chi connectivity index (χ4n) is 1.24. The van der Waals surface area contributed by atoms with Gasteiger partial charge in [-0.05, 0) is 5.92 Å². The van der Waals surface area contributed by atoms with E-state index >= 15 is 0 Å². The van der Waals surface area contributed by atoms with Crippen LogP contribution in [0.1, 0.15) is 34.1 Å². The molecule has 0 saturated carbocycles. The summed E-state index contributed by atoms with van der Waals surface area (Å²) in [6, 6.07) is 0. The summed E-state index contributed by atoms with van der Waals surface area (Å²) >= 11 is 0. The van der Waals surface area contributed by atoms with Gasteiger partial charge in [0.25, 0.3) is 0 Å². The Kier molecular flexibility index (Phi) is 4.93. The molecule has 0 fully saturated rings. The number of rotatable bonds is 4. The Bertz CT molecular complexity index is 59.6. The summed E-state index contributed by atoms with van der Waals surface area (Å²) in [7, 11) is 2.39. The van der Waals surface area contributed by atoms with E-state index in [1.165, 1.54) is 12.7 Å². The molecule has 0 aromatic rings. The van der Waals surface area contributed by atoms with E-state index in [1.54, 1.807) is 0 Å². The zero-order valence-electron chi connectivity index (χ0n) is 7.15. The van der Waals surface area contributed by atoms with Gasteiger partial charge in [-0.1, -0.05) is 46.3 Å². The maximum absolute atomic E-state index is 2.39. The van der Waals surface area contributed by atoms with Gasteiger partial charge in [0.2, 0.25) is 0 Å².